The number of morpholine rings is 1. The van der Waals surface area contributed by atoms with Crippen molar-refractivity contribution in [3.63, 3.8) is 0 Å². The molecule has 1 atom stereocenters. The smallest absolute Gasteiger partial charge is 0.222 e. The van der Waals surface area contributed by atoms with Gasteiger partial charge in [0.15, 0.2) is 0 Å². The Kier molecular flexibility index (Phi) is 4.68. The molecule has 2 rings (SSSR count). The highest BCUT2D eigenvalue weighted by molar-refractivity contribution is 7.11. The molecular formula is C12H19N3O2S. The van der Waals surface area contributed by atoms with Crippen LogP contribution in [0.3, 0.4) is 0 Å². The van der Waals surface area contributed by atoms with Crippen LogP contribution in [-0.4, -0.2) is 36.7 Å². The number of nitrogens with one attached hydrogen (secondary N) is 2. The molecule has 1 aromatic heterocycles. The van der Waals surface area contributed by atoms with Gasteiger partial charge in [-0.2, -0.15) is 0 Å². The fourth-order valence-electron chi connectivity index (χ4n) is 1.95. The third kappa shape index (κ3) is 3.76. The van der Waals surface area contributed by atoms with Crippen LogP contribution >= 0.6 is 11.3 Å². The first-order valence-corrected chi connectivity index (χ1v) is 6.98. The summed E-state index contributed by atoms with van der Waals surface area (Å²) in [6.07, 6.45) is 0.423. The second kappa shape index (κ2) is 6.26. The summed E-state index contributed by atoms with van der Waals surface area (Å²) in [5, 5.41) is 7.18. The molecule has 0 bridgehead atoms. The summed E-state index contributed by atoms with van der Waals surface area (Å²) in [6, 6.07) is 0. The topological polar surface area (TPSA) is 63.2 Å². The Balaban J connectivity index is 1.75. The molecule has 0 radical (unpaired) electrons. The minimum Gasteiger partial charge on any atom is -0.375 e. The third-order valence-electron chi connectivity index (χ3n) is 2.86. The number of nitrogens with zero attached hydrogens (tertiary/aromatic N) is 1. The molecule has 0 spiro atoms. The Hall–Kier alpha value is -0.980. The molecule has 1 fully saturated rings. The predicted octanol–water partition coefficient (Wildman–Crippen LogP) is 0.755. The van der Waals surface area contributed by atoms with Crippen molar-refractivity contribution in [3.8, 4) is 0 Å². The lowest BCUT2D eigenvalue weighted by Gasteiger charge is -2.22. The van der Waals surface area contributed by atoms with Gasteiger partial charge in [0.25, 0.3) is 0 Å². The Morgan fingerprint density at radius 2 is 2.44 bits per heavy atom. The number of aryl methyl sites for hydroxylation is 2. The molecule has 6 heteroatoms. The second-order valence-corrected chi connectivity index (χ2v) is 5.71. The van der Waals surface area contributed by atoms with E-state index in [0.29, 0.717) is 19.6 Å². The zero-order valence-electron chi connectivity index (χ0n) is 10.8. The number of ether oxygens (including phenoxy) is 1. The van der Waals surface area contributed by atoms with Gasteiger partial charge >= 0.3 is 0 Å². The first kappa shape index (κ1) is 13.5. The van der Waals surface area contributed by atoms with Gasteiger partial charge in [-0.25, -0.2) is 4.98 Å². The van der Waals surface area contributed by atoms with Gasteiger partial charge in [0.1, 0.15) is 0 Å². The van der Waals surface area contributed by atoms with Gasteiger partial charge < -0.3 is 15.4 Å². The van der Waals surface area contributed by atoms with Crippen LogP contribution in [0, 0.1) is 13.8 Å². The van der Waals surface area contributed by atoms with E-state index < -0.39 is 0 Å². The summed E-state index contributed by atoms with van der Waals surface area (Å²) in [5.74, 6) is 0.0363. The van der Waals surface area contributed by atoms with Crippen molar-refractivity contribution in [3.05, 3.63) is 15.6 Å². The molecule has 1 amide bonds. The van der Waals surface area contributed by atoms with Crippen molar-refractivity contribution < 1.29 is 9.53 Å². The van der Waals surface area contributed by atoms with E-state index >= 15 is 0 Å². The van der Waals surface area contributed by atoms with Gasteiger partial charge in [-0.05, 0) is 13.8 Å². The number of hydrogen-bond donors (Lipinski definition) is 2. The summed E-state index contributed by atoms with van der Waals surface area (Å²) < 4.78 is 5.50. The maximum atomic E-state index is 11.8. The highest BCUT2D eigenvalue weighted by Gasteiger charge is 2.17. The molecule has 2 N–H and O–H groups in total. The van der Waals surface area contributed by atoms with Crippen molar-refractivity contribution in [1.82, 2.24) is 15.6 Å². The van der Waals surface area contributed by atoms with Crippen LogP contribution < -0.4 is 10.6 Å². The molecular weight excluding hydrogens is 250 g/mol. The summed E-state index contributed by atoms with van der Waals surface area (Å²) >= 11 is 1.63. The molecule has 0 aromatic carbocycles. The molecule has 2 heterocycles. The zero-order chi connectivity index (χ0) is 13.0. The van der Waals surface area contributed by atoms with Gasteiger partial charge in [0, 0.05) is 18.0 Å². The number of hydrogen-bond acceptors (Lipinski definition) is 5. The lowest BCUT2D eigenvalue weighted by atomic mass is 10.2. The molecule has 1 aromatic rings. The number of aromatic nitrogens is 1. The van der Waals surface area contributed by atoms with E-state index in [-0.39, 0.29) is 12.0 Å². The average molecular weight is 269 g/mol. The van der Waals surface area contributed by atoms with Crippen LogP contribution in [-0.2, 0) is 16.1 Å². The molecule has 100 valence electrons. The fraction of sp³-hybridized carbons (Fsp3) is 0.667. The number of carbonyl (C=O) groups excluding carboxylic acids is 1. The van der Waals surface area contributed by atoms with Gasteiger partial charge in [-0.3, -0.25) is 4.79 Å². The molecule has 1 unspecified atom stereocenters. The number of amides is 1. The summed E-state index contributed by atoms with van der Waals surface area (Å²) in [6.45, 7) is 6.83. The van der Waals surface area contributed by atoms with Crippen molar-refractivity contribution in [2.75, 3.05) is 19.7 Å². The predicted molar refractivity (Wildman–Crippen MR) is 70.7 cm³/mol. The van der Waals surface area contributed by atoms with E-state index in [4.69, 9.17) is 4.74 Å². The molecule has 1 saturated heterocycles. The molecule has 18 heavy (non-hydrogen) atoms. The van der Waals surface area contributed by atoms with Gasteiger partial charge in [-0.1, -0.05) is 0 Å². The highest BCUT2D eigenvalue weighted by Crippen LogP contribution is 2.16. The van der Waals surface area contributed by atoms with Crippen LogP contribution in [0.25, 0.3) is 0 Å². The monoisotopic (exact) mass is 269 g/mol. The molecule has 5 nitrogen and oxygen atoms in total. The van der Waals surface area contributed by atoms with Crippen molar-refractivity contribution >= 4 is 17.2 Å². The average Bonchev–Trinajstić information content (AvgIpc) is 2.66. The first-order chi connectivity index (χ1) is 8.65. The highest BCUT2D eigenvalue weighted by atomic mass is 32.1. The number of thiazole rings is 1. The number of rotatable bonds is 4. The van der Waals surface area contributed by atoms with E-state index in [1.54, 1.807) is 11.3 Å². The molecule has 0 saturated carbocycles. The fourth-order valence-corrected chi connectivity index (χ4v) is 2.82. The van der Waals surface area contributed by atoms with Gasteiger partial charge in [-0.15, -0.1) is 11.3 Å². The zero-order valence-corrected chi connectivity index (χ0v) is 11.6. The summed E-state index contributed by atoms with van der Waals surface area (Å²) in [4.78, 5) is 17.2. The first-order valence-electron chi connectivity index (χ1n) is 6.17. The maximum absolute atomic E-state index is 11.8. The summed E-state index contributed by atoms with van der Waals surface area (Å²) in [7, 11) is 0. The molecule has 0 aliphatic carbocycles. The third-order valence-corrected chi connectivity index (χ3v) is 3.94. The van der Waals surface area contributed by atoms with Crippen LogP contribution in [0.2, 0.25) is 0 Å². The van der Waals surface area contributed by atoms with Crippen LogP contribution in [0.4, 0.5) is 0 Å². The standard InChI is InChI=1S/C12H19N3O2S/c1-8-11(18-9(2)15-8)7-14-12(16)5-10-6-13-3-4-17-10/h10,13H,3-7H2,1-2H3,(H,14,16). The summed E-state index contributed by atoms with van der Waals surface area (Å²) in [5.41, 5.74) is 1.01. The minimum atomic E-state index is 0.00282. The van der Waals surface area contributed by atoms with Crippen molar-refractivity contribution in [2.45, 2.75) is 32.9 Å². The quantitative estimate of drug-likeness (QED) is 0.847. The largest absolute Gasteiger partial charge is 0.375 e. The second-order valence-electron chi connectivity index (χ2n) is 4.42. The van der Waals surface area contributed by atoms with Crippen molar-refractivity contribution in [2.24, 2.45) is 0 Å². The van der Waals surface area contributed by atoms with E-state index in [9.17, 15) is 4.79 Å². The van der Waals surface area contributed by atoms with E-state index in [1.165, 1.54) is 0 Å². The Bertz CT molecular complexity index is 413. The van der Waals surface area contributed by atoms with E-state index in [0.717, 1.165) is 28.7 Å². The normalized spacial score (nSPS) is 19.8. The lowest BCUT2D eigenvalue weighted by molar-refractivity contribution is -0.124. The van der Waals surface area contributed by atoms with Crippen LogP contribution in [0.15, 0.2) is 0 Å². The maximum Gasteiger partial charge on any atom is 0.222 e. The van der Waals surface area contributed by atoms with Crippen molar-refractivity contribution in [1.29, 1.82) is 0 Å². The molecule has 1 aliphatic heterocycles. The minimum absolute atomic E-state index is 0.00282. The van der Waals surface area contributed by atoms with Gasteiger partial charge in [0.05, 0.1) is 36.4 Å². The Morgan fingerprint density at radius 1 is 1.61 bits per heavy atom. The van der Waals surface area contributed by atoms with Crippen LogP contribution in [0.5, 0.6) is 0 Å². The lowest BCUT2D eigenvalue weighted by Crippen LogP contribution is -2.41. The molecule has 1 aliphatic rings. The SMILES string of the molecule is Cc1nc(C)c(CNC(=O)CC2CNCCO2)s1. The Morgan fingerprint density at radius 3 is 3.06 bits per heavy atom. The number of carbonyl (C=O) groups is 1. The van der Waals surface area contributed by atoms with Gasteiger partial charge in [0.2, 0.25) is 5.91 Å². The van der Waals surface area contributed by atoms with Crippen LogP contribution in [0.1, 0.15) is 22.0 Å². The Labute approximate surface area is 111 Å². The van der Waals surface area contributed by atoms with E-state index in [1.807, 2.05) is 13.8 Å². The van der Waals surface area contributed by atoms with E-state index in [2.05, 4.69) is 15.6 Å².